The average Bonchev–Trinajstić information content (AvgIpc) is 3.24. The smallest absolute Gasteiger partial charge is 0.258 e. The summed E-state index contributed by atoms with van der Waals surface area (Å²) in [4.78, 5) is 4.33. The monoisotopic (exact) mass is 400 g/mol. The summed E-state index contributed by atoms with van der Waals surface area (Å²) < 4.78 is 63.9. The van der Waals surface area contributed by atoms with Crippen molar-refractivity contribution in [1.82, 2.24) is 10.1 Å². The largest absolute Gasteiger partial charge is 0.483 e. The molecule has 0 bridgehead atoms. The maximum Gasteiger partial charge on any atom is 0.258 e. The lowest BCUT2D eigenvalue weighted by atomic mass is 10.1. The van der Waals surface area contributed by atoms with Gasteiger partial charge in [-0.05, 0) is 17.7 Å². The first-order valence-corrected chi connectivity index (χ1v) is 8.47. The van der Waals surface area contributed by atoms with Gasteiger partial charge in [-0.1, -0.05) is 47.6 Å². The minimum absolute atomic E-state index is 0.125. The van der Waals surface area contributed by atoms with E-state index in [-0.39, 0.29) is 12.7 Å². The summed E-state index contributed by atoms with van der Waals surface area (Å²) in [6.07, 6.45) is 0. The zero-order valence-electron chi connectivity index (χ0n) is 14.7. The molecule has 1 aromatic heterocycles. The van der Waals surface area contributed by atoms with Crippen LogP contribution in [0.2, 0.25) is 0 Å². The van der Waals surface area contributed by atoms with Gasteiger partial charge in [0.15, 0.2) is 17.4 Å². The second-order valence-corrected chi connectivity index (χ2v) is 6.07. The lowest BCUT2D eigenvalue weighted by Crippen LogP contribution is -2.03. The molecule has 0 N–H and O–H groups in total. The number of halogens is 4. The van der Waals surface area contributed by atoms with Crippen molar-refractivity contribution in [3.05, 3.63) is 89.5 Å². The molecule has 146 valence electrons. The predicted molar refractivity (Wildman–Crippen MR) is 95.8 cm³/mol. The Bertz CT molecular complexity index is 1120. The first-order chi connectivity index (χ1) is 14.0. The molecular weight excluding hydrogens is 388 g/mol. The zero-order chi connectivity index (χ0) is 20.4. The molecule has 0 saturated heterocycles. The van der Waals surface area contributed by atoms with Gasteiger partial charge in [0, 0.05) is 17.2 Å². The molecule has 0 amide bonds. The number of benzene rings is 3. The third-order valence-electron chi connectivity index (χ3n) is 4.11. The van der Waals surface area contributed by atoms with Crippen LogP contribution in [0.4, 0.5) is 17.6 Å². The van der Waals surface area contributed by atoms with Crippen LogP contribution in [0.1, 0.15) is 5.56 Å². The summed E-state index contributed by atoms with van der Waals surface area (Å²) in [6, 6.07) is 15.9. The summed E-state index contributed by atoms with van der Waals surface area (Å²) in [5.41, 5.74) is 1.94. The average molecular weight is 400 g/mol. The highest BCUT2D eigenvalue weighted by atomic mass is 19.2. The second kappa shape index (κ2) is 7.75. The Morgan fingerprint density at radius 3 is 2.10 bits per heavy atom. The van der Waals surface area contributed by atoms with Gasteiger partial charge in [-0.15, -0.1) is 0 Å². The molecule has 0 atom stereocenters. The number of nitrogens with zero attached hydrogens (tertiary/aromatic N) is 2. The van der Waals surface area contributed by atoms with Crippen molar-refractivity contribution in [3.8, 4) is 28.6 Å². The number of hydrogen-bond donors (Lipinski definition) is 0. The van der Waals surface area contributed by atoms with E-state index in [4.69, 9.17) is 9.26 Å². The molecule has 3 aromatic carbocycles. The molecule has 1 heterocycles. The summed E-state index contributed by atoms with van der Waals surface area (Å²) in [5.74, 6) is -6.59. The minimum Gasteiger partial charge on any atom is -0.483 e. The molecule has 0 saturated carbocycles. The molecule has 0 fully saturated rings. The summed E-state index contributed by atoms with van der Waals surface area (Å²) >= 11 is 0. The Morgan fingerprint density at radius 1 is 0.793 bits per heavy atom. The van der Waals surface area contributed by atoms with Crippen molar-refractivity contribution in [3.63, 3.8) is 0 Å². The van der Waals surface area contributed by atoms with Crippen LogP contribution < -0.4 is 4.74 Å². The van der Waals surface area contributed by atoms with Gasteiger partial charge < -0.3 is 9.26 Å². The number of hydrogen-bond acceptors (Lipinski definition) is 4. The van der Waals surface area contributed by atoms with E-state index in [1.807, 2.05) is 30.3 Å². The molecule has 0 spiro atoms. The van der Waals surface area contributed by atoms with Gasteiger partial charge >= 0.3 is 0 Å². The summed E-state index contributed by atoms with van der Waals surface area (Å²) in [5, 5.41) is 3.93. The van der Waals surface area contributed by atoms with Crippen LogP contribution in [-0.2, 0) is 6.61 Å². The maximum absolute atomic E-state index is 13.6. The Balaban J connectivity index is 1.49. The van der Waals surface area contributed by atoms with Gasteiger partial charge in [0.05, 0.1) is 0 Å². The van der Waals surface area contributed by atoms with Gasteiger partial charge in [0.2, 0.25) is 17.5 Å². The molecule has 0 unspecified atom stereocenters. The molecule has 4 nitrogen and oxygen atoms in total. The Kier molecular flexibility index (Phi) is 4.99. The van der Waals surface area contributed by atoms with Crippen LogP contribution in [-0.4, -0.2) is 10.1 Å². The first kappa shape index (κ1) is 18.7. The van der Waals surface area contributed by atoms with E-state index >= 15 is 0 Å². The molecule has 0 aliphatic heterocycles. The minimum atomic E-state index is -1.58. The predicted octanol–water partition coefficient (Wildman–Crippen LogP) is 5.54. The molecule has 0 aliphatic rings. The van der Waals surface area contributed by atoms with E-state index < -0.39 is 29.0 Å². The lowest BCUT2D eigenvalue weighted by molar-refractivity contribution is 0.261. The first-order valence-electron chi connectivity index (χ1n) is 8.47. The van der Waals surface area contributed by atoms with Crippen LogP contribution in [0.25, 0.3) is 22.8 Å². The molecule has 0 radical (unpaired) electrons. The van der Waals surface area contributed by atoms with Gasteiger partial charge in [-0.3, -0.25) is 0 Å². The standard InChI is InChI=1S/C21H12F4N2O2/c22-15-10-16(23)18(25)19(17(15)24)28-11-12-6-8-14(9-7-12)21-26-20(27-29-21)13-4-2-1-3-5-13/h1-10H,11H2. The van der Waals surface area contributed by atoms with E-state index in [1.165, 1.54) is 0 Å². The zero-order valence-corrected chi connectivity index (χ0v) is 14.7. The molecule has 4 rings (SSSR count). The van der Waals surface area contributed by atoms with Crippen LogP contribution in [0.5, 0.6) is 5.75 Å². The van der Waals surface area contributed by atoms with Crippen molar-refractivity contribution in [2.24, 2.45) is 0 Å². The van der Waals surface area contributed by atoms with Gasteiger partial charge in [-0.2, -0.15) is 13.8 Å². The van der Waals surface area contributed by atoms with Crippen molar-refractivity contribution in [2.75, 3.05) is 0 Å². The van der Waals surface area contributed by atoms with Gasteiger partial charge in [-0.25, -0.2) is 8.78 Å². The molecule has 8 heteroatoms. The Morgan fingerprint density at radius 2 is 1.45 bits per heavy atom. The van der Waals surface area contributed by atoms with E-state index in [0.29, 0.717) is 22.8 Å². The fraction of sp³-hybridized carbons (Fsp3) is 0.0476. The van der Waals surface area contributed by atoms with Crippen molar-refractivity contribution < 1.29 is 26.8 Å². The number of aromatic nitrogens is 2. The number of rotatable bonds is 5. The second-order valence-electron chi connectivity index (χ2n) is 6.07. The molecule has 0 aliphatic carbocycles. The van der Waals surface area contributed by atoms with Gasteiger partial charge in [0.1, 0.15) is 6.61 Å². The van der Waals surface area contributed by atoms with Crippen LogP contribution in [0.15, 0.2) is 65.2 Å². The van der Waals surface area contributed by atoms with Crippen LogP contribution in [0.3, 0.4) is 0 Å². The van der Waals surface area contributed by atoms with Crippen LogP contribution in [0, 0.1) is 23.3 Å². The quantitative estimate of drug-likeness (QED) is 0.326. The maximum atomic E-state index is 13.6. The highest BCUT2D eigenvalue weighted by Crippen LogP contribution is 2.28. The summed E-state index contributed by atoms with van der Waals surface area (Å²) in [7, 11) is 0. The molecule has 29 heavy (non-hydrogen) atoms. The highest BCUT2D eigenvalue weighted by Gasteiger charge is 2.20. The third kappa shape index (κ3) is 3.82. The third-order valence-corrected chi connectivity index (χ3v) is 4.11. The molecular formula is C21H12F4N2O2. The Labute approximate surface area is 162 Å². The van der Waals surface area contributed by atoms with Crippen molar-refractivity contribution in [2.45, 2.75) is 6.61 Å². The summed E-state index contributed by atoms with van der Waals surface area (Å²) in [6.45, 7) is -0.296. The van der Waals surface area contributed by atoms with E-state index in [0.717, 1.165) is 5.56 Å². The number of ether oxygens (including phenoxy) is 1. The van der Waals surface area contributed by atoms with E-state index in [9.17, 15) is 17.6 Å². The molecule has 4 aromatic rings. The fourth-order valence-corrected chi connectivity index (χ4v) is 2.62. The normalized spacial score (nSPS) is 10.9. The van der Waals surface area contributed by atoms with Crippen molar-refractivity contribution in [1.29, 1.82) is 0 Å². The van der Waals surface area contributed by atoms with Crippen molar-refractivity contribution >= 4 is 0 Å². The van der Waals surface area contributed by atoms with E-state index in [1.54, 1.807) is 24.3 Å². The van der Waals surface area contributed by atoms with E-state index in [2.05, 4.69) is 10.1 Å². The van der Waals surface area contributed by atoms with Crippen LogP contribution >= 0.6 is 0 Å². The topological polar surface area (TPSA) is 48.2 Å². The SMILES string of the molecule is Fc1cc(F)c(F)c(OCc2ccc(-c3nc(-c4ccccc4)no3)cc2)c1F. The lowest BCUT2D eigenvalue weighted by Gasteiger charge is -2.09. The highest BCUT2D eigenvalue weighted by molar-refractivity contribution is 5.59. The Hall–Kier alpha value is -3.68. The van der Waals surface area contributed by atoms with Gasteiger partial charge in [0.25, 0.3) is 5.89 Å². The fourth-order valence-electron chi connectivity index (χ4n) is 2.62.